The Morgan fingerprint density at radius 1 is 1.43 bits per heavy atom. The monoisotopic (exact) mass is 292 g/mol. The number of rotatable bonds is 9. The molecule has 2 N–H and O–H groups in total. The molecule has 0 fully saturated rings. The summed E-state index contributed by atoms with van der Waals surface area (Å²) >= 11 is 0. The summed E-state index contributed by atoms with van der Waals surface area (Å²) in [6.45, 7) is 3.64. The minimum atomic E-state index is -1.07. The quantitative estimate of drug-likeness (QED) is 0.534. The van der Waals surface area contributed by atoms with Gasteiger partial charge in [-0.3, -0.25) is 9.78 Å². The number of hydrogen-bond acceptors (Lipinski definition) is 4. The van der Waals surface area contributed by atoms with Crippen LogP contribution in [0, 0.1) is 0 Å². The molecule has 6 nitrogen and oxygen atoms in total. The van der Waals surface area contributed by atoms with Gasteiger partial charge < -0.3 is 15.2 Å². The van der Waals surface area contributed by atoms with Crippen molar-refractivity contribution in [2.45, 2.75) is 19.8 Å². The first-order valence-corrected chi connectivity index (χ1v) is 6.86. The molecule has 0 saturated carbocycles. The molecule has 0 aliphatic rings. The normalized spacial score (nSPS) is 10.7. The lowest BCUT2D eigenvalue weighted by atomic mass is 10.1. The third-order valence-corrected chi connectivity index (χ3v) is 2.68. The zero-order valence-electron chi connectivity index (χ0n) is 12.0. The number of amides is 1. The van der Waals surface area contributed by atoms with Crippen LogP contribution in [-0.4, -0.2) is 41.7 Å². The Balaban J connectivity index is 2.52. The number of carboxylic acid groups (broad SMARTS) is 1. The maximum absolute atomic E-state index is 12.0. The molecule has 114 valence electrons. The van der Waals surface area contributed by atoms with Gasteiger partial charge in [-0.15, -0.1) is 0 Å². The third kappa shape index (κ3) is 6.67. The highest BCUT2D eigenvalue weighted by Gasteiger charge is 2.09. The van der Waals surface area contributed by atoms with E-state index in [0.29, 0.717) is 30.9 Å². The average Bonchev–Trinajstić information content (AvgIpc) is 2.48. The molecule has 0 aliphatic carbocycles. The van der Waals surface area contributed by atoms with E-state index in [1.54, 1.807) is 6.07 Å². The van der Waals surface area contributed by atoms with Gasteiger partial charge in [0.1, 0.15) is 0 Å². The number of aliphatic carboxylic acids is 1. The van der Waals surface area contributed by atoms with Gasteiger partial charge in [-0.05, 0) is 18.6 Å². The van der Waals surface area contributed by atoms with Gasteiger partial charge in [0, 0.05) is 42.7 Å². The van der Waals surface area contributed by atoms with Crippen LogP contribution in [0.2, 0.25) is 0 Å². The van der Waals surface area contributed by atoms with Crippen LogP contribution >= 0.6 is 0 Å². The fourth-order valence-electron chi connectivity index (χ4n) is 1.59. The molecule has 21 heavy (non-hydrogen) atoms. The lowest BCUT2D eigenvalue weighted by Crippen LogP contribution is -2.28. The van der Waals surface area contributed by atoms with E-state index in [1.165, 1.54) is 18.5 Å². The van der Waals surface area contributed by atoms with Gasteiger partial charge >= 0.3 is 5.97 Å². The summed E-state index contributed by atoms with van der Waals surface area (Å²) in [7, 11) is 0. The lowest BCUT2D eigenvalue weighted by Gasteiger charge is -2.08. The maximum atomic E-state index is 12.0. The number of hydrogen-bond donors (Lipinski definition) is 2. The molecule has 1 rings (SSSR count). The number of aromatic nitrogens is 1. The first kappa shape index (κ1) is 16.8. The smallest absolute Gasteiger partial charge is 0.328 e. The van der Waals surface area contributed by atoms with Crippen molar-refractivity contribution in [2.24, 2.45) is 0 Å². The van der Waals surface area contributed by atoms with Crippen molar-refractivity contribution in [1.29, 1.82) is 0 Å². The van der Waals surface area contributed by atoms with Crippen LogP contribution in [0.1, 0.15) is 35.7 Å². The second-order valence-corrected chi connectivity index (χ2v) is 4.36. The van der Waals surface area contributed by atoms with Gasteiger partial charge in [-0.1, -0.05) is 13.3 Å². The van der Waals surface area contributed by atoms with Crippen molar-refractivity contribution < 1.29 is 19.4 Å². The fraction of sp³-hybridized carbons (Fsp3) is 0.400. The highest BCUT2D eigenvalue weighted by Crippen LogP contribution is 2.09. The molecule has 1 aromatic heterocycles. The molecule has 1 aromatic rings. The molecule has 0 spiro atoms. The number of carboxylic acids is 1. The maximum Gasteiger partial charge on any atom is 0.328 e. The van der Waals surface area contributed by atoms with E-state index in [-0.39, 0.29) is 5.91 Å². The lowest BCUT2D eigenvalue weighted by molar-refractivity contribution is -0.131. The molecule has 0 radical (unpaired) electrons. The van der Waals surface area contributed by atoms with Crippen LogP contribution in [-0.2, 0) is 9.53 Å². The van der Waals surface area contributed by atoms with E-state index in [9.17, 15) is 9.59 Å². The van der Waals surface area contributed by atoms with Crippen molar-refractivity contribution in [2.75, 3.05) is 19.8 Å². The molecule has 0 aliphatic heterocycles. The predicted octanol–water partition coefficient (Wildman–Crippen LogP) is 1.73. The first-order chi connectivity index (χ1) is 10.1. The van der Waals surface area contributed by atoms with E-state index in [2.05, 4.69) is 17.2 Å². The second kappa shape index (κ2) is 9.66. The molecule has 0 aromatic carbocycles. The number of nitrogens with zero attached hydrogens (tertiary/aromatic N) is 1. The largest absolute Gasteiger partial charge is 0.478 e. The molecular weight excluding hydrogens is 272 g/mol. The van der Waals surface area contributed by atoms with Gasteiger partial charge in [0.15, 0.2) is 0 Å². The molecule has 0 unspecified atom stereocenters. The highest BCUT2D eigenvalue weighted by molar-refractivity contribution is 5.98. The number of pyridine rings is 1. The van der Waals surface area contributed by atoms with E-state index >= 15 is 0 Å². The summed E-state index contributed by atoms with van der Waals surface area (Å²) in [5.74, 6) is -1.35. The highest BCUT2D eigenvalue weighted by atomic mass is 16.5. The second-order valence-electron chi connectivity index (χ2n) is 4.36. The average molecular weight is 292 g/mol. The molecule has 1 amide bonds. The number of nitrogens with one attached hydrogen (secondary N) is 1. The summed E-state index contributed by atoms with van der Waals surface area (Å²) < 4.78 is 5.35. The zero-order chi connectivity index (χ0) is 15.5. The SMILES string of the molecule is CCCCOCCNC(=O)c1ccncc1C=CC(=O)O. The zero-order valence-corrected chi connectivity index (χ0v) is 12.0. The third-order valence-electron chi connectivity index (χ3n) is 2.68. The molecule has 0 saturated heterocycles. The van der Waals surface area contributed by atoms with Crippen molar-refractivity contribution in [3.05, 3.63) is 35.7 Å². The minimum Gasteiger partial charge on any atom is -0.478 e. The van der Waals surface area contributed by atoms with Gasteiger partial charge in [0.2, 0.25) is 0 Å². The number of carbonyl (C=O) groups is 2. The Bertz CT molecular complexity index is 500. The van der Waals surface area contributed by atoms with E-state index in [1.807, 2.05) is 0 Å². The number of carbonyl (C=O) groups excluding carboxylic acids is 1. The van der Waals surface area contributed by atoms with Gasteiger partial charge in [0.25, 0.3) is 5.91 Å². The number of unbranched alkanes of at least 4 members (excludes halogenated alkanes) is 1. The van der Waals surface area contributed by atoms with Gasteiger partial charge in [-0.2, -0.15) is 0 Å². The topological polar surface area (TPSA) is 88.5 Å². The van der Waals surface area contributed by atoms with Crippen LogP contribution in [0.25, 0.3) is 6.08 Å². The van der Waals surface area contributed by atoms with Crippen LogP contribution < -0.4 is 5.32 Å². The molecule has 0 bridgehead atoms. The summed E-state index contributed by atoms with van der Waals surface area (Å²) in [5.41, 5.74) is 0.848. The Morgan fingerprint density at radius 3 is 2.95 bits per heavy atom. The summed E-state index contributed by atoms with van der Waals surface area (Å²) in [4.78, 5) is 26.4. The van der Waals surface area contributed by atoms with Crippen LogP contribution in [0.4, 0.5) is 0 Å². The Morgan fingerprint density at radius 2 is 2.24 bits per heavy atom. The first-order valence-electron chi connectivity index (χ1n) is 6.86. The number of ether oxygens (including phenoxy) is 1. The minimum absolute atomic E-state index is 0.276. The van der Waals surface area contributed by atoms with Crippen LogP contribution in [0.3, 0.4) is 0 Å². The van der Waals surface area contributed by atoms with Crippen molar-refractivity contribution >= 4 is 18.0 Å². The van der Waals surface area contributed by atoms with Crippen molar-refractivity contribution in [1.82, 2.24) is 10.3 Å². The standard InChI is InChI=1S/C15H20N2O4/c1-2-3-9-21-10-8-17-15(20)13-6-7-16-11-12(13)4-5-14(18)19/h4-7,11H,2-3,8-10H2,1H3,(H,17,20)(H,18,19). The molecular formula is C15H20N2O4. The van der Waals surface area contributed by atoms with Crippen LogP contribution in [0.5, 0.6) is 0 Å². The van der Waals surface area contributed by atoms with Gasteiger partial charge in [-0.25, -0.2) is 4.79 Å². The van der Waals surface area contributed by atoms with Crippen LogP contribution in [0.15, 0.2) is 24.5 Å². The Hall–Kier alpha value is -2.21. The Kier molecular flexibility index (Phi) is 7.74. The summed E-state index contributed by atoms with van der Waals surface area (Å²) in [6, 6.07) is 1.55. The molecule has 0 atom stereocenters. The summed E-state index contributed by atoms with van der Waals surface area (Å²) in [6.07, 6.45) is 7.34. The molecule has 6 heteroatoms. The molecule has 1 heterocycles. The van der Waals surface area contributed by atoms with Gasteiger partial charge in [0.05, 0.1) is 6.61 Å². The van der Waals surface area contributed by atoms with E-state index < -0.39 is 5.97 Å². The predicted molar refractivity (Wildman–Crippen MR) is 79.0 cm³/mol. The Labute approximate surface area is 123 Å². The van der Waals surface area contributed by atoms with E-state index in [0.717, 1.165) is 18.9 Å². The van der Waals surface area contributed by atoms with E-state index in [4.69, 9.17) is 9.84 Å². The van der Waals surface area contributed by atoms with Crippen molar-refractivity contribution in [3.8, 4) is 0 Å². The summed E-state index contributed by atoms with van der Waals surface area (Å²) in [5, 5.41) is 11.4. The van der Waals surface area contributed by atoms with Crippen molar-refractivity contribution in [3.63, 3.8) is 0 Å². The fourth-order valence-corrected chi connectivity index (χ4v) is 1.59.